The molecule has 8 heteroatoms. The monoisotopic (exact) mass is 408 g/mol. The summed E-state index contributed by atoms with van der Waals surface area (Å²) in [6, 6.07) is 14.6. The van der Waals surface area contributed by atoms with Gasteiger partial charge in [-0.3, -0.25) is 0 Å². The maximum atomic E-state index is 10.1. The molecule has 3 rings (SSSR count). The van der Waals surface area contributed by atoms with Crippen LogP contribution in [0.5, 0.6) is 5.75 Å². The van der Waals surface area contributed by atoms with Crippen LogP contribution in [0.2, 0.25) is 5.02 Å². The number of nitrogens with zero attached hydrogens (tertiary/aromatic N) is 4. The van der Waals surface area contributed by atoms with Crippen LogP contribution in [0.25, 0.3) is 11.4 Å². The van der Waals surface area contributed by atoms with Crippen LogP contribution in [0.15, 0.2) is 53.0 Å². The van der Waals surface area contributed by atoms with Gasteiger partial charge in [0.15, 0.2) is 0 Å². The van der Waals surface area contributed by atoms with Crippen LogP contribution in [-0.4, -0.2) is 38.0 Å². The van der Waals surface area contributed by atoms with Crippen LogP contribution in [0.3, 0.4) is 0 Å². The SMILES string of the molecule is OC(COc1cccc(Br)c1)Cn1nnc(-c2ccc(Cl)cc2)n1. The van der Waals surface area contributed by atoms with Crippen LogP contribution in [-0.2, 0) is 6.54 Å². The summed E-state index contributed by atoms with van der Waals surface area (Å²) in [5, 5.41) is 22.9. The second-order valence-corrected chi connectivity index (χ2v) is 6.45. The predicted molar refractivity (Wildman–Crippen MR) is 93.9 cm³/mol. The van der Waals surface area contributed by atoms with Crippen LogP contribution in [0, 0.1) is 0 Å². The maximum Gasteiger partial charge on any atom is 0.204 e. The van der Waals surface area contributed by atoms with E-state index in [-0.39, 0.29) is 13.2 Å². The zero-order chi connectivity index (χ0) is 16.9. The molecule has 3 aromatic rings. The van der Waals surface area contributed by atoms with E-state index in [9.17, 15) is 5.11 Å². The van der Waals surface area contributed by atoms with E-state index in [1.807, 2.05) is 36.4 Å². The van der Waals surface area contributed by atoms with Gasteiger partial charge in [-0.1, -0.05) is 33.6 Å². The van der Waals surface area contributed by atoms with E-state index >= 15 is 0 Å². The number of aliphatic hydroxyl groups excluding tert-OH is 1. The van der Waals surface area contributed by atoms with Crippen molar-refractivity contribution < 1.29 is 9.84 Å². The first kappa shape index (κ1) is 16.9. The minimum absolute atomic E-state index is 0.133. The Balaban J connectivity index is 1.57. The number of rotatable bonds is 6. The average Bonchev–Trinajstić information content (AvgIpc) is 3.02. The molecule has 1 N–H and O–H groups in total. The molecule has 0 aliphatic carbocycles. The quantitative estimate of drug-likeness (QED) is 0.677. The van der Waals surface area contributed by atoms with Gasteiger partial charge in [-0.05, 0) is 47.7 Å². The molecular weight excluding hydrogens is 396 g/mol. The third kappa shape index (κ3) is 4.53. The van der Waals surface area contributed by atoms with Gasteiger partial charge in [-0.15, -0.1) is 10.2 Å². The first-order valence-corrected chi connectivity index (χ1v) is 8.37. The third-order valence-electron chi connectivity index (χ3n) is 3.17. The second kappa shape index (κ2) is 7.74. The normalized spacial score (nSPS) is 12.1. The summed E-state index contributed by atoms with van der Waals surface area (Å²) in [7, 11) is 0. The number of tetrazole rings is 1. The molecule has 0 amide bonds. The molecule has 1 aromatic heterocycles. The van der Waals surface area contributed by atoms with Crippen molar-refractivity contribution in [1.82, 2.24) is 20.2 Å². The van der Waals surface area contributed by atoms with Crippen molar-refractivity contribution in [3.05, 3.63) is 58.0 Å². The van der Waals surface area contributed by atoms with Crippen molar-refractivity contribution in [2.45, 2.75) is 12.6 Å². The van der Waals surface area contributed by atoms with Crippen molar-refractivity contribution in [3.8, 4) is 17.1 Å². The van der Waals surface area contributed by atoms with E-state index < -0.39 is 6.10 Å². The van der Waals surface area contributed by atoms with E-state index in [1.165, 1.54) is 4.80 Å². The molecule has 0 radical (unpaired) electrons. The highest BCUT2D eigenvalue weighted by atomic mass is 79.9. The van der Waals surface area contributed by atoms with Crippen LogP contribution in [0.4, 0.5) is 0 Å². The van der Waals surface area contributed by atoms with E-state index in [4.69, 9.17) is 16.3 Å². The third-order valence-corrected chi connectivity index (χ3v) is 3.91. The highest BCUT2D eigenvalue weighted by Gasteiger charge is 2.11. The van der Waals surface area contributed by atoms with Crippen molar-refractivity contribution in [3.63, 3.8) is 0 Å². The summed E-state index contributed by atoms with van der Waals surface area (Å²) in [5.74, 6) is 1.16. The van der Waals surface area contributed by atoms with Gasteiger partial charge in [-0.25, -0.2) is 0 Å². The Morgan fingerprint density at radius 1 is 1.21 bits per heavy atom. The summed E-state index contributed by atoms with van der Waals surface area (Å²) in [4.78, 5) is 1.35. The minimum Gasteiger partial charge on any atom is -0.491 e. The molecule has 0 saturated heterocycles. The standard InChI is InChI=1S/C16H14BrClN4O2/c17-12-2-1-3-15(8-12)24-10-14(23)9-22-20-16(19-21-22)11-4-6-13(18)7-5-11/h1-8,14,23H,9-10H2. The van der Waals surface area contributed by atoms with Crippen LogP contribution < -0.4 is 4.74 Å². The van der Waals surface area contributed by atoms with Gasteiger partial charge < -0.3 is 9.84 Å². The molecule has 0 saturated carbocycles. The molecule has 0 fully saturated rings. The molecule has 6 nitrogen and oxygen atoms in total. The Morgan fingerprint density at radius 3 is 2.75 bits per heavy atom. The van der Waals surface area contributed by atoms with E-state index in [0.717, 1.165) is 10.0 Å². The zero-order valence-corrected chi connectivity index (χ0v) is 14.9. The lowest BCUT2D eigenvalue weighted by molar-refractivity contribution is 0.0849. The highest BCUT2D eigenvalue weighted by molar-refractivity contribution is 9.10. The maximum absolute atomic E-state index is 10.1. The van der Waals surface area contributed by atoms with Gasteiger partial charge in [0.05, 0.1) is 6.54 Å². The Labute approximate surface area is 152 Å². The number of ether oxygens (including phenoxy) is 1. The van der Waals surface area contributed by atoms with Crippen molar-refractivity contribution >= 4 is 27.5 Å². The zero-order valence-electron chi connectivity index (χ0n) is 12.5. The van der Waals surface area contributed by atoms with Crippen molar-refractivity contribution in [2.24, 2.45) is 0 Å². The first-order chi connectivity index (χ1) is 11.6. The summed E-state index contributed by atoms with van der Waals surface area (Å²) in [6.07, 6.45) is -0.753. The smallest absolute Gasteiger partial charge is 0.204 e. The summed E-state index contributed by atoms with van der Waals surface area (Å²) in [5.41, 5.74) is 0.811. The van der Waals surface area contributed by atoms with Gasteiger partial charge in [-0.2, -0.15) is 4.80 Å². The fourth-order valence-electron chi connectivity index (χ4n) is 2.03. The van der Waals surface area contributed by atoms with Gasteiger partial charge in [0.2, 0.25) is 5.82 Å². The molecule has 1 atom stereocenters. The van der Waals surface area contributed by atoms with Crippen molar-refractivity contribution in [2.75, 3.05) is 6.61 Å². The molecule has 24 heavy (non-hydrogen) atoms. The number of hydrogen-bond donors (Lipinski definition) is 1. The lowest BCUT2D eigenvalue weighted by atomic mass is 10.2. The topological polar surface area (TPSA) is 73.1 Å². The lowest BCUT2D eigenvalue weighted by Crippen LogP contribution is -2.24. The van der Waals surface area contributed by atoms with E-state index in [1.54, 1.807) is 12.1 Å². The average molecular weight is 410 g/mol. The molecule has 0 bridgehead atoms. The van der Waals surface area contributed by atoms with Gasteiger partial charge >= 0.3 is 0 Å². The van der Waals surface area contributed by atoms with E-state index in [2.05, 4.69) is 31.3 Å². The summed E-state index contributed by atoms with van der Waals surface area (Å²) < 4.78 is 6.46. The molecule has 2 aromatic carbocycles. The number of hydrogen-bond acceptors (Lipinski definition) is 5. The van der Waals surface area contributed by atoms with Crippen molar-refractivity contribution in [1.29, 1.82) is 0 Å². The lowest BCUT2D eigenvalue weighted by Gasteiger charge is -2.11. The molecule has 0 spiro atoms. The molecular formula is C16H14BrClN4O2. The predicted octanol–water partition coefficient (Wildman–Crippen LogP) is 3.20. The number of halogens is 2. The Morgan fingerprint density at radius 2 is 2.00 bits per heavy atom. The highest BCUT2D eigenvalue weighted by Crippen LogP contribution is 2.18. The van der Waals surface area contributed by atoms with E-state index in [0.29, 0.717) is 16.6 Å². The first-order valence-electron chi connectivity index (χ1n) is 7.20. The van der Waals surface area contributed by atoms with Gasteiger partial charge in [0, 0.05) is 15.1 Å². The van der Waals surface area contributed by atoms with Crippen LogP contribution in [0.1, 0.15) is 0 Å². The minimum atomic E-state index is -0.753. The Bertz CT molecular complexity index is 810. The number of benzene rings is 2. The number of aromatic nitrogens is 4. The van der Waals surface area contributed by atoms with Gasteiger partial charge in [0.1, 0.15) is 18.5 Å². The fraction of sp³-hybridized carbons (Fsp3) is 0.188. The number of aliphatic hydroxyl groups is 1. The Kier molecular flexibility index (Phi) is 5.44. The summed E-state index contributed by atoms with van der Waals surface area (Å²) >= 11 is 9.23. The molecule has 0 aliphatic heterocycles. The Hall–Kier alpha value is -1.96. The summed E-state index contributed by atoms with van der Waals surface area (Å²) in [6.45, 7) is 0.322. The molecule has 124 valence electrons. The second-order valence-electron chi connectivity index (χ2n) is 5.10. The van der Waals surface area contributed by atoms with Crippen LogP contribution >= 0.6 is 27.5 Å². The fourth-order valence-corrected chi connectivity index (χ4v) is 2.53. The molecule has 1 unspecified atom stereocenters. The molecule has 0 aliphatic rings. The largest absolute Gasteiger partial charge is 0.491 e. The van der Waals surface area contributed by atoms with Gasteiger partial charge in [0.25, 0.3) is 0 Å². The molecule has 1 heterocycles.